The molecule has 1 aromatic rings. The SMILES string of the molecule is CN(C)Cc1nc2c(s1)CCCC2=O. The van der Waals surface area contributed by atoms with Crippen molar-refractivity contribution in [3.8, 4) is 0 Å². The Morgan fingerprint density at radius 2 is 2.21 bits per heavy atom. The number of Topliss-reactive ketones (excluding diaryl/α,β-unsaturated/α-hetero) is 1. The summed E-state index contributed by atoms with van der Waals surface area (Å²) in [5, 5.41) is 1.07. The molecule has 14 heavy (non-hydrogen) atoms. The van der Waals surface area contributed by atoms with Crippen LogP contribution in [-0.4, -0.2) is 29.8 Å². The van der Waals surface area contributed by atoms with Crippen molar-refractivity contribution in [1.82, 2.24) is 9.88 Å². The quantitative estimate of drug-likeness (QED) is 0.745. The van der Waals surface area contributed by atoms with Crippen molar-refractivity contribution >= 4 is 17.1 Å². The molecular weight excluding hydrogens is 196 g/mol. The first-order valence-electron chi connectivity index (χ1n) is 4.83. The first-order valence-corrected chi connectivity index (χ1v) is 5.65. The lowest BCUT2D eigenvalue weighted by Gasteiger charge is -2.06. The van der Waals surface area contributed by atoms with Gasteiger partial charge in [0.1, 0.15) is 10.7 Å². The lowest BCUT2D eigenvalue weighted by Crippen LogP contribution is -2.11. The molecule has 0 N–H and O–H groups in total. The molecule has 0 amide bonds. The third-order valence-electron chi connectivity index (χ3n) is 2.26. The number of carbonyl (C=O) groups is 1. The minimum Gasteiger partial charge on any atom is -0.303 e. The van der Waals surface area contributed by atoms with E-state index in [-0.39, 0.29) is 5.78 Å². The average Bonchev–Trinajstić information content (AvgIpc) is 2.47. The highest BCUT2D eigenvalue weighted by molar-refractivity contribution is 7.12. The van der Waals surface area contributed by atoms with E-state index in [1.54, 1.807) is 11.3 Å². The van der Waals surface area contributed by atoms with Crippen LogP contribution in [0.3, 0.4) is 0 Å². The fourth-order valence-electron chi connectivity index (χ4n) is 1.65. The van der Waals surface area contributed by atoms with Crippen molar-refractivity contribution in [3.05, 3.63) is 15.6 Å². The molecule has 0 atom stereocenters. The lowest BCUT2D eigenvalue weighted by atomic mass is 10.0. The Hall–Kier alpha value is -0.740. The molecule has 1 aliphatic rings. The second-order valence-corrected chi connectivity index (χ2v) is 5.06. The predicted molar refractivity (Wildman–Crippen MR) is 56.8 cm³/mol. The van der Waals surface area contributed by atoms with Gasteiger partial charge >= 0.3 is 0 Å². The summed E-state index contributed by atoms with van der Waals surface area (Å²) < 4.78 is 0. The van der Waals surface area contributed by atoms with Gasteiger partial charge in [-0.1, -0.05) is 0 Å². The van der Waals surface area contributed by atoms with Gasteiger partial charge in [0, 0.05) is 17.8 Å². The van der Waals surface area contributed by atoms with E-state index in [1.165, 1.54) is 4.88 Å². The number of thiazole rings is 1. The summed E-state index contributed by atoms with van der Waals surface area (Å²) in [5.41, 5.74) is 0.748. The van der Waals surface area contributed by atoms with Gasteiger partial charge in [-0.05, 0) is 26.9 Å². The van der Waals surface area contributed by atoms with Crippen molar-refractivity contribution in [2.75, 3.05) is 14.1 Å². The van der Waals surface area contributed by atoms with Crippen molar-refractivity contribution in [2.45, 2.75) is 25.8 Å². The van der Waals surface area contributed by atoms with E-state index in [0.29, 0.717) is 6.42 Å². The fraction of sp³-hybridized carbons (Fsp3) is 0.600. The number of aryl methyl sites for hydroxylation is 1. The number of ketones is 1. The molecule has 0 bridgehead atoms. The van der Waals surface area contributed by atoms with E-state index >= 15 is 0 Å². The zero-order valence-corrected chi connectivity index (χ0v) is 9.36. The van der Waals surface area contributed by atoms with Crippen LogP contribution >= 0.6 is 11.3 Å². The highest BCUT2D eigenvalue weighted by Crippen LogP contribution is 2.26. The maximum Gasteiger partial charge on any atom is 0.182 e. The average molecular weight is 210 g/mol. The first kappa shape index (κ1) is 9.80. The second kappa shape index (κ2) is 3.79. The summed E-state index contributed by atoms with van der Waals surface area (Å²) in [5.74, 6) is 0.229. The molecule has 1 aliphatic carbocycles. The number of aromatic nitrogens is 1. The Kier molecular flexibility index (Phi) is 2.65. The molecule has 2 rings (SSSR count). The van der Waals surface area contributed by atoms with Crippen LogP contribution in [0.4, 0.5) is 0 Å². The van der Waals surface area contributed by atoms with E-state index in [4.69, 9.17) is 0 Å². The summed E-state index contributed by atoms with van der Waals surface area (Å²) in [7, 11) is 4.03. The first-order chi connectivity index (χ1) is 6.66. The lowest BCUT2D eigenvalue weighted by molar-refractivity contribution is 0.0968. The molecule has 1 heterocycles. The number of hydrogen-bond donors (Lipinski definition) is 0. The molecule has 3 nitrogen and oxygen atoms in total. The Labute approximate surface area is 87.8 Å². The van der Waals surface area contributed by atoms with Crippen LogP contribution in [0.1, 0.15) is 33.2 Å². The van der Waals surface area contributed by atoms with Crippen LogP contribution in [0.15, 0.2) is 0 Å². The smallest absolute Gasteiger partial charge is 0.182 e. The Morgan fingerprint density at radius 3 is 2.86 bits per heavy atom. The number of rotatable bonds is 2. The van der Waals surface area contributed by atoms with Crippen LogP contribution in [-0.2, 0) is 13.0 Å². The second-order valence-electron chi connectivity index (χ2n) is 3.89. The summed E-state index contributed by atoms with van der Waals surface area (Å²) in [6, 6.07) is 0. The number of nitrogens with zero attached hydrogens (tertiary/aromatic N) is 2. The Morgan fingerprint density at radius 1 is 1.43 bits per heavy atom. The van der Waals surface area contributed by atoms with E-state index in [9.17, 15) is 4.79 Å². The summed E-state index contributed by atoms with van der Waals surface area (Å²) in [6.45, 7) is 0.838. The largest absolute Gasteiger partial charge is 0.303 e. The molecule has 0 spiro atoms. The Balaban J connectivity index is 2.26. The van der Waals surface area contributed by atoms with Crippen molar-refractivity contribution in [3.63, 3.8) is 0 Å². The Bertz CT molecular complexity index is 357. The van der Waals surface area contributed by atoms with Crippen LogP contribution in [0.5, 0.6) is 0 Å². The highest BCUT2D eigenvalue weighted by atomic mass is 32.1. The molecule has 4 heteroatoms. The molecule has 0 aromatic carbocycles. The van der Waals surface area contributed by atoms with Gasteiger partial charge in [0.25, 0.3) is 0 Å². The third-order valence-corrected chi connectivity index (χ3v) is 3.36. The molecular formula is C10H14N2OS. The summed E-state index contributed by atoms with van der Waals surface area (Å²) in [4.78, 5) is 19.2. The maximum atomic E-state index is 11.5. The van der Waals surface area contributed by atoms with Gasteiger partial charge in [0.2, 0.25) is 0 Å². The highest BCUT2D eigenvalue weighted by Gasteiger charge is 2.21. The zero-order valence-electron chi connectivity index (χ0n) is 8.54. The molecule has 76 valence electrons. The van der Waals surface area contributed by atoms with Gasteiger partial charge in [-0.3, -0.25) is 4.79 Å². The van der Waals surface area contributed by atoms with Crippen LogP contribution in [0.25, 0.3) is 0 Å². The normalized spacial score (nSPS) is 16.1. The molecule has 0 aliphatic heterocycles. The predicted octanol–water partition coefficient (Wildman–Crippen LogP) is 1.72. The van der Waals surface area contributed by atoms with Gasteiger partial charge in [0.05, 0.1) is 0 Å². The maximum absolute atomic E-state index is 11.5. The topological polar surface area (TPSA) is 33.2 Å². The van der Waals surface area contributed by atoms with E-state index in [2.05, 4.69) is 9.88 Å². The van der Waals surface area contributed by atoms with Gasteiger partial charge < -0.3 is 4.90 Å². The molecule has 0 saturated heterocycles. The third kappa shape index (κ3) is 1.86. The van der Waals surface area contributed by atoms with Crippen molar-refractivity contribution < 1.29 is 4.79 Å². The molecule has 1 aromatic heterocycles. The molecule has 0 unspecified atom stereocenters. The van der Waals surface area contributed by atoms with Crippen molar-refractivity contribution in [1.29, 1.82) is 0 Å². The number of fused-ring (bicyclic) bond motifs is 1. The van der Waals surface area contributed by atoms with Crippen LogP contribution < -0.4 is 0 Å². The zero-order chi connectivity index (χ0) is 10.1. The van der Waals surface area contributed by atoms with Crippen LogP contribution in [0, 0.1) is 0 Å². The standard InChI is InChI=1S/C10H14N2OS/c1-12(2)6-9-11-10-7(13)4-3-5-8(10)14-9/h3-6H2,1-2H3. The van der Waals surface area contributed by atoms with E-state index < -0.39 is 0 Å². The monoisotopic (exact) mass is 210 g/mol. The van der Waals surface area contributed by atoms with Crippen LogP contribution in [0.2, 0.25) is 0 Å². The van der Waals surface area contributed by atoms with Gasteiger partial charge in [-0.2, -0.15) is 0 Å². The minimum absolute atomic E-state index is 0.229. The van der Waals surface area contributed by atoms with Crippen molar-refractivity contribution in [2.24, 2.45) is 0 Å². The summed E-state index contributed by atoms with van der Waals surface area (Å²) >= 11 is 1.69. The molecule has 0 radical (unpaired) electrons. The van der Waals surface area contributed by atoms with E-state index in [0.717, 1.165) is 30.1 Å². The number of hydrogen-bond acceptors (Lipinski definition) is 4. The van der Waals surface area contributed by atoms with E-state index in [1.807, 2.05) is 14.1 Å². The van der Waals surface area contributed by atoms with Gasteiger partial charge in [-0.15, -0.1) is 11.3 Å². The molecule has 0 saturated carbocycles. The minimum atomic E-state index is 0.229. The van der Waals surface area contributed by atoms with Gasteiger partial charge in [0.15, 0.2) is 5.78 Å². The number of carbonyl (C=O) groups excluding carboxylic acids is 1. The summed E-state index contributed by atoms with van der Waals surface area (Å²) in [6.07, 6.45) is 2.71. The fourth-order valence-corrected chi connectivity index (χ4v) is 2.90. The van der Waals surface area contributed by atoms with Gasteiger partial charge in [-0.25, -0.2) is 4.98 Å². The molecule has 0 fully saturated rings.